The molecule has 0 aliphatic heterocycles. The van der Waals surface area contributed by atoms with E-state index in [1.54, 1.807) is 0 Å². The lowest BCUT2D eigenvalue weighted by atomic mass is 10.4. The topological polar surface area (TPSA) is 80.9 Å². The number of guanidine groups is 1. The monoisotopic (exact) mass is 258 g/mol. The molecule has 6 heteroatoms. The Kier molecular flexibility index (Phi) is 8.54. The first-order valence-electron chi connectivity index (χ1n) is 6.77. The molecule has 0 spiro atoms. The van der Waals surface area contributed by atoms with E-state index in [2.05, 4.69) is 15.7 Å². The van der Waals surface area contributed by atoms with Crippen molar-refractivity contribution in [1.29, 1.82) is 0 Å². The van der Waals surface area contributed by atoms with Gasteiger partial charge >= 0.3 is 0 Å². The second-order valence-corrected chi connectivity index (χ2v) is 4.37. The van der Waals surface area contributed by atoms with E-state index >= 15 is 0 Å². The third-order valence-electron chi connectivity index (χ3n) is 2.65. The fourth-order valence-electron chi connectivity index (χ4n) is 1.43. The van der Waals surface area contributed by atoms with Crippen molar-refractivity contribution in [3.63, 3.8) is 0 Å². The van der Waals surface area contributed by atoms with E-state index in [0.717, 1.165) is 38.7 Å². The summed E-state index contributed by atoms with van der Waals surface area (Å²) in [5.41, 5.74) is 2.55. The highest BCUT2D eigenvalue weighted by Crippen LogP contribution is 2.28. The normalized spacial score (nSPS) is 15.8. The van der Waals surface area contributed by atoms with Crippen LogP contribution in [-0.4, -0.2) is 45.5 Å². The summed E-state index contributed by atoms with van der Waals surface area (Å²) >= 11 is 0. The minimum Gasteiger partial charge on any atom is -0.382 e. The molecule has 106 valence electrons. The van der Waals surface area contributed by atoms with Crippen molar-refractivity contribution >= 4 is 5.96 Å². The maximum absolute atomic E-state index is 5.50. The number of nitrogens with two attached hydrogens (primary N) is 1. The first-order chi connectivity index (χ1) is 8.86. The molecule has 6 nitrogen and oxygen atoms in total. The van der Waals surface area contributed by atoms with E-state index in [-0.39, 0.29) is 0 Å². The molecule has 0 heterocycles. The van der Waals surface area contributed by atoms with Gasteiger partial charge in [0.2, 0.25) is 5.96 Å². The van der Waals surface area contributed by atoms with Crippen LogP contribution in [0.5, 0.6) is 0 Å². The van der Waals surface area contributed by atoms with Crippen LogP contribution < -0.4 is 16.6 Å². The molecular weight excluding hydrogens is 232 g/mol. The van der Waals surface area contributed by atoms with Crippen molar-refractivity contribution in [2.75, 3.05) is 39.5 Å². The van der Waals surface area contributed by atoms with Gasteiger partial charge in [0.25, 0.3) is 0 Å². The van der Waals surface area contributed by atoms with Gasteiger partial charge in [-0.1, -0.05) is 0 Å². The lowest BCUT2D eigenvalue weighted by Gasteiger charge is -2.09. The quantitative estimate of drug-likeness (QED) is 0.172. The van der Waals surface area contributed by atoms with E-state index in [1.807, 2.05) is 6.92 Å². The summed E-state index contributed by atoms with van der Waals surface area (Å²) in [6.45, 7) is 6.48. The summed E-state index contributed by atoms with van der Waals surface area (Å²) in [6.07, 6.45) is 3.55. The molecule has 1 aliphatic rings. The van der Waals surface area contributed by atoms with Gasteiger partial charge in [0.1, 0.15) is 0 Å². The van der Waals surface area contributed by atoms with Gasteiger partial charge in [-0.15, -0.1) is 0 Å². The highest BCUT2D eigenvalue weighted by molar-refractivity contribution is 5.79. The smallest absolute Gasteiger partial charge is 0.205 e. The van der Waals surface area contributed by atoms with Crippen LogP contribution >= 0.6 is 0 Å². The zero-order valence-corrected chi connectivity index (χ0v) is 11.3. The molecule has 1 fully saturated rings. The molecule has 1 rings (SSSR count). The highest BCUT2D eigenvalue weighted by Gasteiger charge is 2.20. The molecule has 1 aliphatic carbocycles. The molecule has 0 saturated heterocycles. The van der Waals surface area contributed by atoms with Crippen LogP contribution in [-0.2, 0) is 9.47 Å². The number of hydrazine groups is 1. The van der Waals surface area contributed by atoms with Crippen LogP contribution in [0.1, 0.15) is 26.2 Å². The third-order valence-corrected chi connectivity index (χ3v) is 2.65. The van der Waals surface area contributed by atoms with Crippen LogP contribution in [0, 0.1) is 5.92 Å². The van der Waals surface area contributed by atoms with Gasteiger partial charge in [-0.25, -0.2) is 5.84 Å². The predicted octanol–water partition coefficient (Wildman–Crippen LogP) is 0.249. The summed E-state index contributed by atoms with van der Waals surface area (Å²) in [5, 5.41) is 3.10. The first kappa shape index (κ1) is 15.2. The Hall–Kier alpha value is -0.850. The summed E-state index contributed by atoms with van der Waals surface area (Å²) in [5.74, 6) is 6.79. The molecule has 0 radical (unpaired) electrons. The van der Waals surface area contributed by atoms with Gasteiger partial charge in [-0.3, -0.25) is 10.4 Å². The summed E-state index contributed by atoms with van der Waals surface area (Å²) in [6, 6.07) is 0. The van der Waals surface area contributed by atoms with Gasteiger partial charge in [0, 0.05) is 32.9 Å². The zero-order chi connectivity index (χ0) is 13.1. The minimum atomic E-state index is 0.613. The molecule has 0 aromatic rings. The molecule has 18 heavy (non-hydrogen) atoms. The SMILES string of the molecule is CCOCCCN=C(NN)NCCOCC1CC1. The molecule has 0 amide bonds. The lowest BCUT2D eigenvalue weighted by molar-refractivity contribution is 0.129. The maximum atomic E-state index is 5.50. The molecule has 0 bridgehead atoms. The molecule has 1 saturated carbocycles. The fraction of sp³-hybridized carbons (Fsp3) is 0.917. The van der Waals surface area contributed by atoms with Crippen molar-refractivity contribution in [2.24, 2.45) is 16.8 Å². The Balaban J connectivity index is 1.94. The second-order valence-electron chi connectivity index (χ2n) is 4.37. The molecule has 4 N–H and O–H groups in total. The fourth-order valence-corrected chi connectivity index (χ4v) is 1.43. The minimum absolute atomic E-state index is 0.613. The van der Waals surface area contributed by atoms with Crippen LogP contribution in [0.15, 0.2) is 4.99 Å². The number of hydrogen-bond acceptors (Lipinski definition) is 4. The van der Waals surface area contributed by atoms with E-state index < -0.39 is 0 Å². The number of aliphatic imine (C=N–C) groups is 1. The Morgan fingerprint density at radius 1 is 1.33 bits per heavy atom. The van der Waals surface area contributed by atoms with Gasteiger partial charge in [-0.05, 0) is 32.1 Å². The van der Waals surface area contributed by atoms with Gasteiger partial charge < -0.3 is 14.8 Å². The van der Waals surface area contributed by atoms with E-state index in [4.69, 9.17) is 15.3 Å². The molecule has 0 atom stereocenters. The number of nitrogens with one attached hydrogen (secondary N) is 2. The van der Waals surface area contributed by atoms with Crippen LogP contribution in [0.4, 0.5) is 0 Å². The van der Waals surface area contributed by atoms with Gasteiger partial charge in [0.05, 0.1) is 6.61 Å². The summed E-state index contributed by atoms with van der Waals surface area (Å²) < 4.78 is 10.7. The first-order valence-corrected chi connectivity index (χ1v) is 6.77. The molecule has 0 unspecified atom stereocenters. The lowest BCUT2D eigenvalue weighted by Crippen LogP contribution is -2.43. The Morgan fingerprint density at radius 3 is 2.83 bits per heavy atom. The Labute approximate surface area is 109 Å². The van der Waals surface area contributed by atoms with E-state index in [0.29, 0.717) is 19.1 Å². The van der Waals surface area contributed by atoms with Crippen LogP contribution in [0.25, 0.3) is 0 Å². The average Bonchev–Trinajstić information content (AvgIpc) is 3.19. The van der Waals surface area contributed by atoms with Crippen molar-refractivity contribution in [3.05, 3.63) is 0 Å². The Morgan fingerprint density at radius 2 is 2.17 bits per heavy atom. The number of rotatable bonds is 10. The second kappa shape index (κ2) is 10.1. The standard InChI is InChI=1S/C12H26N4O2/c1-2-17-8-3-6-14-12(16-13)15-7-9-18-10-11-4-5-11/h11H,2-10,13H2,1H3,(H2,14,15,16). The zero-order valence-electron chi connectivity index (χ0n) is 11.3. The van der Waals surface area contributed by atoms with E-state index in [9.17, 15) is 0 Å². The van der Waals surface area contributed by atoms with Crippen molar-refractivity contribution in [3.8, 4) is 0 Å². The van der Waals surface area contributed by atoms with Crippen molar-refractivity contribution in [1.82, 2.24) is 10.7 Å². The van der Waals surface area contributed by atoms with Crippen molar-refractivity contribution < 1.29 is 9.47 Å². The number of hydrogen-bond donors (Lipinski definition) is 3. The number of nitrogens with zero attached hydrogens (tertiary/aromatic N) is 1. The predicted molar refractivity (Wildman–Crippen MR) is 72.3 cm³/mol. The average molecular weight is 258 g/mol. The van der Waals surface area contributed by atoms with E-state index in [1.165, 1.54) is 12.8 Å². The molecule has 0 aromatic heterocycles. The summed E-state index contributed by atoms with van der Waals surface area (Å²) in [7, 11) is 0. The third kappa shape index (κ3) is 8.27. The van der Waals surface area contributed by atoms with Gasteiger partial charge in [0.15, 0.2) is 0 Å². The number of ether oxygens (including phenoxy) is 2. The summed E-state index contributed by atoms with van der Waals surface area (Å²) in [4.78, 5) is 4.29. The van der Waals surface area contributed by atoms with Crippen LogP contribution in [0.2, 0.25) is 0 Å². The maximum Gasteiger partial charge on any atom is 0.205 e. The van der Waals surface area contributed by atoms with Gasteiger partial charge in [-0.2, -0.15) is 0 Å². The van der Waals surface area contributed by atoms with Crippen molar-refractivity contribution in [2.45, 2.75) is 26.2 Å². The Bertz CT molecular complexity index is 232. The van der Waals surface area contributed by atoms with Crippen LogP contribution in [0.3, 0.4) is 0 Å². The highest BCUT2D eigenvalue weighted by atomic mass is 16.5. The largest absolute Gasteiger partial charge is 0.382 e. The molecular formula is C12H26N4O2. The molecule has 0 aromatic carbocycles.